The molecule has 0 saturated carbocycles. The highest BCUT2D eigenvalue weighted by molar-refractivity contribution is 5.83. The SMILES string of the molecule is O=C(O)c1nccc(NCc2nnc3n2CCCCC3)n1. The number of fused-ring (bicyclic) bond motifs is 1. The zero-order valence-corrected chi connectivity index (χ0v) is 11.5. The highest BCUT2D eigenvalue weighted by Crippen LogP contribution is 2.15. The van der Waals surface area contributed by atoms with Gasteiger partial charge in [0.25, 0.3) is 0 Å². The topological polar surface area (TPSA) is 106 Å². The van der Waals surface area contributed by atoms with Crippen molar-refractivity contribution in [1.29, 1.82) is 0 Å². The van der Waals surface area contributed by atoms with Crippen molar-refractivity contribution in [2.24, 2.45) is 0 Å². The molecule has 0 unspecified atom stereocenters. The Hall–Kier alpha value is -2.51. The molecule has 3 heterocycles. The van der Waals surface area contributed by atoms with Gasteiger partial charge in [0.1, 0.15) is 11.6 Å². The molecule has 0 spiro atoms. The summed E-state index contributed by atoms with van der Waals surface area (Å²) in [5.41, 5.74) is 0. The van der Waals surface area contributed by atoms with E-state index in [1.165, 1.54) is 12.6 Å². The first kappa shape index (κ1) is 13.5. The minimum Gasteiger partial charge on any atom is -0.475 e. The van der Waals surface area contributed by atoms with Gasteiger partial charge in [-0.2, -0.15) is 0 Å². The molecule has 0 bridgehead atoms. The van der Waals surface area contributed by atoms with Gasteiger partial charge in [0.2, 0.25) is 5.82 Å². The zero-order chi connectivity index (χ0) is 14.7. The number of nitrogens with zero attached hydrogens (tertiary/aromatic N) is 5. The number of carbonyl (C=O) groups is 1. The van der Waals surface area contributed by atoms with Crippen molar-refractivity contribution < 1.29 is 9.90 Å². The summed E-state index contributed by atoms with van der Waals surface area (Å²) in [6.07, 6.45) is 5.88. The Labute approximate surface area is 121 Å². The van der Waals surface area contributed by atoms with Gasteiger partial charge in [-0.3, -0.25) is 0 Å². The van der Waals surface area contributed by atoms with E-state index in [1.54, 1.807) is 6.07 Å². The third kappa shape index (κ3) is 2.99. The summed E-state index contributed by atoms with van der Waals surface area (Å²) in [4.78, 5) is 18.4. The summed E-state index contributed by atoms with van der Waals surface area (Å²) in [7, 11) is 0. The number of aryl methyl sites for hydroxylation is 1. The molecule has 0 radical (unpaired) electrons. The number of rotatable bonds is 4. The molecule has 0 atom stereocenters. The van der Waals surface area contributed by atoms with Crippen LogP contribution >= 0.6 is 0 Å². The van der Waals surface area contributed by atoms with Crippen molar-refractivity contribution in [2.75, 3.05) is 5.32 Å². The smallest absolute Gasteiger partial charge is 0.374 e. The van der Waals surface area contributed by atoms with Crippen molar-refractivity contribution in [3.8, 4) is 0 Å². The highest BCUT2D eigenvalue weighted by atomic mass is 16.4. The van der Waals surface area contributed by atoms with Crippen molar-refractivity contribution >= 4 is 11.8 Å². The van der Waals surface area contributed by atoms with E-state index in [2.05, 4.69) is 30.0 Å². The van der Waals surface area contributed by atoms with Crippen molar-refractivity contribution in [2.45, 2.75) is 38.8 Å². The Morgan fingerprint density at radius 2 is 2.24 bits per heavy atom. The Kier molecular flexibility index (Phi) is 3.76. The minimum absolute atomic E-state index is 0.222. The van der Waals surface area contributed by atoms with E-state index in [0.717, 1.165) is 37.5 Å². The summed E-state index contributed by atoms with van der Waals surface area (Å²) in [6.45, 7) is 1.40. The van der Waals surface area contributed by atoms with Gasteiger partial charge in [0.15, 0.2) is 5.82 Å². The molecular formula is C13H16N6O2. The fourth-order valence-corrected chi connectivity index (χ4v) is 2.41. The van der Waals surface area contributed by atoms with Crippen LogP contribution in [0.25, 0.3) is 0 Å². The molecule has 0 saturated heterocycles. The number of carboxylic acid groups (broad SMARTS) is 1. The number of aromatic nitrogens is 5. The lowest BCUT2D eigenvalue weighted by molar-refractivity contribution is 0.0683. The van der Waals surface area contributed by atoms with Crippen LogP contribution in [0.1, 0.15) is 41.5 Å². The predicted octanol–water partition coefficient (Wildman–Crippen LogP) is 1.10. The van der Waals surface area contributed by atoms with Crippen LogP contribution in [0, 0.1) is 0 Å². The molecule has 0 aliphatic carbocycles. The van der Waals surface area contributed by atoms with E-state index in [4.69, 9.17) is 5.11 Å². The minimum atomic E-state index is -1.14. The van der Waals surface area contributed by atoms with Crippen molar-refractivity contribution in [3.05, 3.63) is 29.7 Å². The zero-order valence-electron chi connectivity index (χ0n) is 11.5. The maximum atomic E-state index is 10.8. The fourth-order valence-electron chi connectivity index (χ4n) is 2.41. The third-order valence-electron chi connectivity index (χ3n) is 3.46. The standard InChI is InChI=1S/C13H16N6O2/c20-13(21)12-14-6-5-9(16-12)15-8-11-18-17-10-4-2-1-3-7-19(10)11/h5-6H,1-4,7-8H2,(H,20,21)(H,14,15,16). The molecule has 2 aromatic rings. The third-order valence-corrected chi connectivity index (χ3v) is 3.46. The van der Waals surface area contributed by atoms with Gasteiger partial charge in [-0.15, -0.1) is 10.2 Å². The largest absolute Gasteiger partial charge is 0.475 e. The van der Waals surface area contributed by atoms with Crippen LogP contribution in [0.2, 0.25) is 0 Å². The van der Waals surface area contributed by atoms with E-state index in [-0.39, 0.29) is 5.82 Å². The normalized spacial score (nSPS) is 14.3. The van der Waals surface area contributed by atoms with Gasteiger partial charge in [-0.05, 0) is 18.9 Å². The lowest BCUT2D eigenvalue weighted by Gasteiger charge is -2.08. The van der Waals surface area contributed by atoms with E-state index < -0.39 is 5.97 Å². The predicted molar refractivity (Wildman–Crippen MR) is 73.9 cm³/mol. The van der Waals surface area contributed by atoms with Gasteiger partial charge in [-0.25, -0.2) is 14.8 Å². The molecule has 0 fully saturated rings. The fraction of sp³-hybridized carbons (Fsp3) is 0.462. The van der Waals surface area contributed by atoms with Crippen LogP contribution in [0.3, 0.4) is 0 Å². The van der Waals surface area contributed by atoms with Crippen LogP contribution in [-0.2, 0) is 19.5 Å². The van der Waals surface area contributed by atoms with E-state index in [9.17, 15) is 4.79 Å². The molecule has 8 heteroatoms. The summed E-state index contributed by atoms with van der Waals surface area (Å²) in [6, 6.07) is 1.63. The Morgan fingerprint density at radius 1 is 1.33 bits per heavy atom. The maximum absolute atomic E-state index is 10.8. The van der Waals surface area contributed by atoms with Gasteiger partial charge < -0.3 is 15.0 Å². The second-order valence-corrected chi connectivity index (χ2v) is 4.92. The lowest BCUT2D eigenvalue weighted by Crippen LogP contribution is -2.12. The summed E-state index contributed by atoms with van der Waals surface area (Å²) in [5, 5.41) is 20.4. The molecule has 0 amide bonds. The first-order valence-corrected chi connectivity index (χ1v) is 6.95. The number of anilines is 1. The summed E-state index contributed by atoms with van der Waals surface area (Å²) < 4.78 is 2.14. The van der Waals surface area contributed by atoms with Crippen LogP contribution in [0.15, 0.2) is 12.3 Å². The number of hydrogen-bond donors (Lipinski definition) is 2. The van der Waals surface area contributed by atoms with Crippen LogP contribution in [0.5, 0.6) is 0 Å². The number of hydrogen-bond acceptors (Lipinski definition) is 6. The quantitative estimate of drug-likeness (QED) is 0.867. The van der Waals surface area contributed by atoms with Crippen LogP contribution in [0.4, 0.5) is 5.82 Å². The Balaban J connectivity index is 1.72. The number of aromatic carboxylic acids is 1. The molecule has 2 N–H and O–H groups in total. The Bertz CT molecular complexity index is 654. The molecule has 0 aromatic carbocycles. The molecule has 2 aromatic heterocycles. The molecule has 110 valence electrons. The van der Waals surface area contributed by atoms with Gasteiger partial charge in [0.05, 0.1) is 6.54 Å². The molecule has 3 rings (SSSR count). The van der Waals surface area contributed by atoms with Gasteiger partial charge >= 0.3 is 5.97 Å². The molecular weight excluding hydrogens is 272 g/mol. The average molecular weight is 288 g/mol. The molecule has 8 nitrogen and oxygen atoms in total. The number of carboxylic acids is 1. The number of nitrogens with one attached hydrogen (secondary N) is 1. The summed E-state index contributed by atoms with van der Waals surface area (Å²) >= 11 is 0. The molecule has 1 aliphatic rings. The van der Waals surface area contributed by atoms with E-state index in [0.29, 0.717) is 12.4 Å². The first-order valence-electron chi connectivity index (χ1n) is 6.95. The van der Waals surface area contributed by atoms with Crippen molar-refractivity contribution in [1.82, 2.24) is 24.7 Å². The second kappa shape index (κ2) is 5.86. The van der Waals surface area contributed by atoms with Gasteiger partial charge in [-0.1, -0.05) is 6.42 Å². The van der Waals surface area contributed by atoms with Crippen LogP contribution in [-0.4, -0.2) is 35.8 Å². The van der Waals surface area contributed by atoms with E-state index >= 15 is 0 Å². The average Bonchev–Trinajstić information content (AvgIpc) is 2.72. The van der Waals surface area contributed by atoms with Crippen molar-refractivity contribution in [3.63, 3.8) is 0 Å². The Morgan fingerprint density at radius 3 is 3.10 bits per heavy atom. The highest BCUT2D eigenvalue weighted by Gasteiger charge is 2.14. The van der Waals surface area contributed by atoms with Crippen LogP contribution < -0.4 is 5.32 Å². The maximum Gasteiger partial charge on any atom is 0.374 e. The van der Waals surface area contributed by atoms with Gasteiger partial charge in [0, 0.05) is 19.2 Å². The summed E-state index contributed by atoms with van der Waals surface area (Å²) in [5.74, 6) is 0.976. The monoisotopic (exact) mass is 288 g/mol. The molecule has 1 aliphatic heterocycles. The lowest BCUT2D eigenvalue weighted by atomic mass is 10.2. The molecule has 21 heavy (non-hydrogen) atoms. The second-order valence-electron chi connectivity index (χ2n) is 4.92. The van der Waals surface area contributed by atoms with E-state index in [1.807, 2.05) is 0 Å². The first-order chi connectivity index (χ1) is 10.2.